The predicted octanol–water partition coefficient (Wildman–Crippen LogP) is 6.38. The van der Waals surface area contributed by atoms with Crippen molar-refractivity contribution >= 4 is 5.91 Å². The van der Waals surface area contributed by atoms with E-state index in [1.54, 1.807) is 6.08 Å². The van der Waals surface area contributed by atoms with Crippen LogP contribution in [0.4, 0.5) is 0 Å². The maximum absolute atomic E-state index is 12.8. The molecule has 0 aromatic carbocycles. The molecule has 9 heteroatoms. The molecular formula is C38H71NO8. The molecule has 1 aliphatic heterocycles. The molecule has 7 atom stereocenters. The molecule has 0 aromatic rings. The molecule has 0 radical (unpaired) electrons. The molecule has 1 rings (SSSR count). The van der Waals surface area contributed by atoms with Crippen molar-refractivity contribution in [3.8, 4) is 0 Å². The van der Waals surface area contributed by atoms with Gasteiger partial charge in [0, 0.05) is 6.42 Å². The van der Waals surface area contributed by atoms with Gasteiger partial charge in [0.15, 0.2) is 6.29 Å². The molecule has 47 heavy (non-hydrogen) atoms. The van der Waals surface area contributed by atoms with Crippen molar-refractivity contribution in [1.29, 1.82) is 0 Å². The summed E-state index contributed by atoms with van der Waals surface area (Å²) in [6.45, 7) is 3.68. The molecule has 1 aliphatic rings. The van der Waals surface area contributed by atoms with E-state index in [2.05, 4.69) is 31.3 Å². The predicted molar refractivity (Wildman–Crippen MR) is 189 cm³/mol. The summed E-state index contributed by atoms with van der Waals surface area (Å²) in [5, 5.41) is 53.8. The molecule has 1 heterocycles. The van der Waals surface area contributed by atoms with E-state index < -0.39 is 49.5 Å². The molecule has 0 aliphatic carbocycles. The Morgan fingerprint density at radius 1 is 0.702 bits per heavy atom. The van der Waals surface area contributed by atoms with E-state index in [1.165, 1.54) is 89.9 Å². The number of carbonyl (C=O) groups is 1. The first kappa shape index (κ1) is 43.7. The van der Waals surface area contributed by atoms with Crippen LogP contribution in [0.3, 0.4) is 0 Å². The molecule has 0 spiro atoms. The fourth-order valence-electron chi connectivity index (χ4n) is 5.86. The van der Waals surface area contributed by atoms with Crippen LogP contribution < -0.4 is 5.32 Å². The SMILES string of the molecule is CCC/C=C/CCCCCCCC/C=C/[C@@H](O)[C@H](CO[C@@H]1O[C@H](CO)[C@@H](O)C(O)C1O)NC(=O)CCCCCCCCCCCCC. The number of hydrogen-bond donors (Lipinski definition) is 6. The van der Waals surface area contributed by atoms with E-state index in [4.69, 9.17) is 9.47 Å². The first-order chi connectivity index (χ1) is 22.8. The topological polar surface area (TPSA) is 149 Å². The zero-order valence-corrected chi connectivity index (χ0v) is 29.8. The lowest BCUT2D eigenvalue weighted by Gasteiger charge is -2.40. The van der Waals surface area contributed by atoms with Gasteiger partial charge in [-0.2, -0.15) is 0 Å². The monoisotopic (exact) mass is 670 g/mol. The molecule has 0 aromatic heterocycles. The molecular weight excluding hydrogens is 598 g/mol. The Morgan fingerprint density at radius 2 is 1.23 bits per heavy atom. The minimum Gasteiger partial charge on any atom is -0.394 e. The summed E-state index contributed by atoms with van der Waals surface area (Å²) in [7, 11) is 0. The van der Waals surface area contributed by atoms with Crippen molar-refractivity contribution in [3.63, 3.8) is 0 Å². The molecule has 0 bridgehead atoms. The van der Waals surface area contributed by atoms with Gasteiger partial charge in [-0.3, -0.25) is 4.79 Å². The second kappa shape index (κ2) is 29.6. The second-order valence-corrected chi connectivity index (χ2v) is 13.4. The average molecular weight is 670 g/mol. The van der Waals surface area contributed by atoms with Gasteiger partial charge < -0.3 is 40.3 Å². The molecule has 9 nitrogen and oxygen atoms in total. The molecule has 1 fully saturated rings. The second-order valence-electron chi connectivity index (χ2n) is 13.4. The van der Waals surface area contributed by atoms with Gasteiger partial charge in [-0.25, -0.2) is 0 Å². The molecule has 1 saturated heterocycles. The van der Waals surface area contributed by atoms with Crippen molar-refractivity contribution in [1.82, 2.24) is 5.32 Å². The summed E-state index contributed by atoms with van der Waals surface area (Å²) in [4.78, 5) is 12.8. The van der Waals surface area contributed by atoms with Gasteiger partial charge in [-0.05, 0) is 38.5 Å². The van der Waals surface area contributed by atoms with E-state index in [9.17, 15) is 30.3 Å². The van der Waals surface area contributed by atoms with Crippen LogP contribution in [0.25, 0.3) is 0 Å². The number of carbonyl (C=O) groups excluding carboxylic acids is 1. The Kier molecular flexibility index (Phi) is 27.5. The summed E-state index contributed by atoms with van der Waals surface area (Å²) < 4.78 is 11.1. The maximum atomic E-state index is 12.8. The van der Waals surface area contributed by atoms with E-state index in [-0.39, 0.29) is 12.5 Å². The number of rotatable bonds is 30. The summed E-state index contributed by atoms with van der Waals surface area (Å²) >= 11 is 0. The summed E-state index contributed by atoms with van der Waals surface area (Å²) in [6, 6.07) is -0.801. The Labute approximate surface area is 286 Å². The number of unbranched alkanes of at least 4 members (excludes halogenated alkanes) is 18. The first-order valence-corrected chi connectivity index (χ1v) is 19.1. The Balaban J connectivity index is 2.48. The van der Waals surface area contributed by atoms with Gasteiger partial charge in [-0.15, -0.1) is 0 Å². The zero-order chi connectivity index (χ0) is 34.5. The number of hydrogen-bond acceptors (Lipinski definition) is 8. The van der Waals surface area contributed by atoms with Crippen LogP contribution in [0.15, 0.2) is 24.3 Å². The number of allylic oxidation sites excluding steroid dienone is 3. The van der Waals surface area contributed by atoms with Gasteiger partial charge in [0.25, 0.3) is 0 Å². The van der Waals surface area contributed by atoms with E-state index in [0.29, 0.717) is 6.42 Å². The number of nitrogens with one attached hydrogen (secondary N) is 1. The normalized spacial score (nSPS) is 23.1. The third-order valence-electron chi connectivity index (χ3n) is 9.00. The lowest BCUT2D eigenvalue weighted by atomic mass is 9.99. The molecule has 276 valence electrons. The Bertz CT molecular complexity index is 792. The quantitative estimate of drug-likeness (QED) is 0.0381. The third kappa shape index (κ3) is 21.4. The number of amides is 1. The fourth-order valence-corrected chi connectivity index (χ4v) is 5.86. The van der Waals surface area contributed by atoms with Crippen molar-refractivity contribution in [3.05, 3.63) is 24.3 Å². The van der Waals surface area contributed by atoms with Gasteiger partial charge in [0.05, 0.1) is 25.4 Å². The van der Waals surface area contributed by atoms with Crippen molar-refractivity contribution in [2.75, 3.05) is 13.2 Å². The van der Waals surface area contributed by atoms with Crippen LogP contribution in [-0.4, -0.2) is 87.5 Å². The van der Waals surface area contributed by atoms with Crippen molar-refractivity contribution in [2.45, 2.75) is 198 Å². The molecule has 6 N–H and O–H groups in total. The maximum Gasteiger partial charge on any atom is 0.220 e. The lowest BCUT2D eigenvalue weighted by Crippen LogP contribution is -2.60. The summed E-state index contributed by atoms with van der Waals surface area (Å²) in [5.74, 6) is -0.184. The summed E-state index contributed by atoms with van der Waals surface area (Å²) in [6.07, 6.45) is 25.0. The van der Waals surface area contributed by atoms with Gasteiger partial charge in [0.1, 0.15) is 24.4 Å². The first-order valence-electron chi connectivity index (χ1n) is 19.1. The fraction of sp³-hybridized carbons (Fsp3) is 0.868. The molecule has 0 saturated carbocycles. The van der Waals surface area contributed by atoms with Crippen molar-refractivity contribution < 1.29 is 39.8 Å². The highest BCUT2D eigenvalue weighted by Gasteiger charge is 2.44. The van der Waals surface area contributed by atoms with E-state index in [1.807, 2.05) is 6.08 Å². The van der Waals surface area contributed by atoms with E-state index in [0.717, 1.165) is 44.9 Å². The molecule has 2 unspecified atom stereocenters. The lowest BCUT2D eigenvalue weighted by molar-refractivity contribution is -0.302. The van der Waals surface area contributed by atoms with Crippen LogP contribution in [0.1, 0.15) is 155 Å². The highest BCUT2D eigenvalue weighted by atomic mass is 16.7. The van der Waals surface area contributed by atoms with Crippen molar-refractivity contribution in [2.24, 2.45) is 0 Å². The minimum atomic E-state index is -1.56. The Morgan fingerprint density at radius 3 is 1.81 bits per heavy atom. The van der Waals surface area contributed by atoms with Crippen LogP contribution >= 0.6 is 0 Å². The Hall–Kier alpha value is -1.33. The largest absolute Gasteiger partial charge is 0.394 e. The molecule has 1 amide bonds. The zero-order valence-electron chi connectivity index (χ0n) is 29.8. The van der Waals surface area contributed by atoms with Gasteiger partial charge in [0.2, 0.25) is 5.91 Å². The number of aliphatic hydroxyl groups is 5. The number of aliphatic hydroxyl groups excluding tert-OH is 5. The summed E-state index contributed by atoms with van der Waals surface area (Å²) in [5.41, 5.74) is 0. The minimum absolute atomic E-state index is 0.184. The van der Waals surface area contributed by atoms with Gasteiger partial charge >= 0.3 is 0 Å². The number of ether oxygens (including phenoxy) is 2. The third-order valence-corrected chi connectivity index (χ3v) is 9.00. The smallest absolute Gasteiger partial charge is 0.220 e. The highest BCUT2D eigenvalue weighted by Crippen LogP contribution is 2.22. The highest BCUT2D eigenvalue weighted by molar-refractivity contribution is 5.76. The average Bonchev–Trinajstić information content (AvgIpc) is 3.07. The van der Waals surface area contributed by atoms with Crippen LogP contribution in [0.2, 0.25) is 0 Å². The van der Waals surface area contributed by atoms with Crippen LogP contribution in [0, 0.1) is 0 Å². The standard InChI is InChI=1S/C38H71NO8/c1-3-5-7-9-11-13-15-16-18-19-21-23-25-27-32(41)31(30-46-38-37(45)36(44)35(43)33(29-40)47-38)39-34(42)28-26-24-22-20-17-14-12-10-8-6-4-2/h7,9,25,27,31-33,35-38,40-41,43-45H,3-6,8,10-24,26,28-30H2,1-2H3,(H,39,42)/b9-7+,27-25+/t31-,32+,33+,35+,36?,37?,38+/m0/s1. The van der Waals surface area contributed by atoms with Crippen LogP contribution in [-0.2, 0) is 14.3 Å². The van der Waals surface area contributed by atoms with E-state index >= 15 is 0 Å². The van der Waals surface area contributed by atoms with Gasteiger partial charge in [-0.1, -0.05) is 134 Å². The van der Waals surface area contributed by atoms with Crippen LogP contribution in [0.5, 0.6) is 0 Å².